The summed E-state index contributed by atoms with van der Waals surface area (Å²) in [5.41, 5.74) is 0.797. The molecule has 1 aromatic carbocycles. The van der Waals surface area contributed by atoms with E-state index in [9.17, 15) is 4.79 Å². The van der Waals surface area contributed by atoms with E-state index in [-0.39, 0.29) is 12.3 Å². The number of amidine groups is 1. The van der Waals surface area contributed by atoms with E-state index in [1.807, 2.05) is 6.07 Å². The van der Waals surface area contributed by atoms with Crippen LogP contribution in [0.15, 0.2) is 17.1 Å². The summed E-state index contributed by atoms with van der Waals surface area (Å²) < 4.78 is 11.2. The quantitative estimate of drug-likeness (QED) is 0.905. The first-order chi connectivity index (χ1) is 10.2. The Labute approximate surface area is 132 Å². The standard InChI is InChI=1S/C14H15ClN2O3S/c15-10-6-9(7-11-13(10)20-4-1-3-19-11)8-12(18)17-14-16-2-5-21-14/h6-7H,1-5,8H2,(H,16,17,18). The topological polar surface area (TPSA) is 59.9 Å². The summed E-state index contributed by atoms with van der Waals surface area (Å²) in [7, 11) is 0. The Kier molecular flexibility index (Phi) is 4.55. The fourth-order valence-corrected chi connectivity index (χ4v) is 3.18. The van der Waals surface area contributed by atoms with Gasteiger partial charge in [0.15, 0.2) is 16.7 Å². The molecule has 3 rings (SSSR count). The number of aliphatic imine (C=N–C) groups is 1. The summed E-state index contributed by atoms with van der Waals surface area (Å²) in [6.45, 7) is 1.94. The second-order valence-corrected chi connectivity index (χ2v) is 6.21. The van der Waals surface area contributed by atoms with E-state index in [0.717, 1.165) is 24.3 Å². The molecule has 0 aliphatic carbocycles. The van der Waals surface area contributed by atoms with E-state index >= 15 is 0 Å². The first-order valence-corrected chi connectivity index (χ1v) is 8.14. The third kappa shape index (κ3) is 3.63. The number of carbonyl (C=O) groups excluding carboxylic acids is 1. The third-order valence-electron chi connectivity index (χ3n) is 3.06. The molecular formula is C14H15ClN2O3S. The molecule has 0 radical (unpaired) electrons. The minimum absolute atomic E-state index is 0.103. The van der Waals surface area contributed by atoms with Crippen molar-refractivity contribution in [1.29, 1.82) is 0 Å². The smallest absolute Gasteiger partial charge is 0.230 e. The van der Waals surface area contributed by atoms with Gasteiger partial charge >= 0.3 is 0 Å². The lowest BCUT2D eigenvalue weighted by Gasteiger charge is -2.11. The molecule has 112 valence electrons. The molecule has 5 nitrogen and oxygen atoms in total. The molecule has 2 aliphatic rings. The Morgan fingerprint density at radius 3 is 3.05 bits per heavy atom. The number of carbonyl (C=O) groups is 1. The number of benzene rings is 1. The van der Waals surface area contributed by atoms with Crippen molar-refractivity contribution in [2.45, 2.75) is 12.8 Å². The van der Waals surface area contributed by atoms with Gasteiger partial charge in [0.2, 0.25) is 5.91 Å². The number of hydrogen-bond donors (Lipinski definition) is 1. The van der Waals surface area contributed by atoms with Crippen molar-refractivity contribution in [3.05, 3.63) is 22.7 Å². The minimum Gasteiger partial charge on any atom is -0.489 e. The van der Waals surface area contributed by atoms with E-state index < -0.39 is 0 Å². The van der Waals surface area contributed by atoms with Crippen molar-refractivity contribution < 1.29 is 14.3 Å². The van der Waals surface area contributed by atoms with E-state index in [2.05, 4.69) is 10.3 Å². The van der Waals surface area contributed by atoms with Gasteiger partial charge in [-0.2, -0.15) is 0 Å². The summed E-state index contributed by atoms with van der Waals surface area (Å²) in [6.07, 6.45) is 1.05. The summed E-state index contributed by atoms with van der Waals surface area (Å²) in [5, 5.41) is 3.97. The SMILES string of the molecule is O=C(Cc1cc(Cl)c2c(c1)OCCCO2)NC1=NCCS1. The number of rotatable bonds is 2. The number of hydrogen-bond acceptors (Lipinski definition) is 5. The monoisotopic (exact) mass is 326 g/mol. The van der Waals surface area contributed by atoms with Gasteiger partial charge in [0.1, 0.15) is 0 Å². The fourth-order valence-electron chi connectivity index (χ4n) is 2.15. The predicted octanol–water partition coefficient (Wildman–Crippen LogP) is 2.26. The van der Waals surface area contributed by atoms with Crippen LogP contribution in [0.25, 0.3) is 0 Å². The van der Waals surface area contributed by atoms with Crippen molar-refractivity contribution in [1.82, 2.24) is 5.32 Å². The highest BCUT2D eigenvalue weighted by Gasteiger charge is 2.17. The molecule has 0 saturated carbocycles. The molecule has 0 spiro atoms. The number of halogens is 1. The Hall–Kier alpha value is -1.40. The molecule has 7 heteroatoms. The van der Waals surface area contributed by atoms with Gasteiger partial charge in [-0.1, -0.05) is 23.4 Å². The van der Waals surface area contributed by atoms with Crippen LogP contribution in [0.3, 0.4) is 0 Å². The van der Waals surface area contributed by atoms with E-state index in [1.165, 1.54) is 0 Å². The molecule has 1 aromatic rings. The molecule has 1 N–H and O–H groups in total. The Balaban J connectivity index is 1.72. The van der Waals surface area contributed by atoms with Gasteiger partial charge < -0.3 is 14.8 Å². The zero-order chi connectivity index (χ0) is 14.7. The Morgan fingerprint density at radius 1 is 1.38 bits per heavy atom. The van der Waals surface area contributed by atoms with E-state index in [4.69, 9.17) is 21.1 Å². The summed E-state index contributed by atoms with van der Waals surface area (Å²) in [5.74, 6) is 1.99. The number of fused-ring (bicyclic) bond motifs is 1. The van der Waals surface area contributed by atoms with Gasteiger partial charge in [-0.05, 0) is 17.7 Å². The highest BCUT2D eigenvalue weighted by molar-refractivity contribution is 8.14. The van der Waals surface area contributed by atoms with Gasteiger partial charge in [0, 0.05) is 12.2 Å². The molecule has 0 atom stereocenters. The van der Waals surface area contributed by atoms with Crippen LogP contribution in [-0.4, -0.2) is 36.6 Å². The maximum atomic E-state index is 12.0. The summed E-state index contributed by atoms with van der Waals surface area (Å²) in [6, 6.07) is 3.56. The second-order valence-electron chi connectivity index (χ2n) is 4.72. The number of nitrogens with one attached hydrogen (secondary N) is 1. The Morgan fingerprint density at radius 2 is 2.24 bits per heavy atom. The maximum absolute atomic E-state index is 12.0. The zero-order valence-electron chi connectivity index (χ0n) is 11.4. The fraction of sp³-hybridized carbons (Fsp3) is 0.429. The third-order valence-corrected chi connectivity index (χ3v) is 4.23. The largest absolute Gasteiger partial charge is 0.489 e. The molecule has 0 aromatic heterocycles. The molecule has 0 unspecified atom stereocenters. The summed E-state index contributed by atoms with van der Waals surface area (Å²) >= 11 is 7.77. The molecule has 1 amide bonds. The molecule has 0 fully saturated rings. The average Bonchev–Trinajstić information content (AvgIpc) is 2.82. The van der Waals surface area contributed by atoms with E-state index in [1.54, 1.807) is 17.8 Å². The van der Waals surface area contributed by atoms with Crippen LogP contribution in [0.5, 0.6) is 11.5 Å². The van der Waals surface area contributed by atoms with Crippen LogP contribution in [-0.2, 0) is 11.2 Å². The van der Waals surface area contributed by atoms with Crippen LogP contribution in [0, 0.1) is 0 Å². The number of ether oxygens (including phenoxy) is 2. The predicted molar refractivity (Wildman–Crippen MR) is 83.7 cm³/mol. The second kappa shape index (κ2) is 6.58. The lowest BCUT2D eigenvalue weighted by atomic mass is 10.1. The Bertz CT molecular complexity index is 592. The van der Waals surface area contributed by atoms with Crippen LogP contribution in [0.2, 0.25) is 5.02 Å². The summed E-state index contributed by atoms with van der Waals surface area (Å²) in [4.78, 5) is 16.2. The zero-order valence-corrected chi connectivity index (χ0v) is 12.9. The molecule has 2 aliphatic heterocycles. The molecule has 0 bridgehead atoms. The lowest BCUT2D eigenvalue weighted by molar-refractivity contribution is -0.119. The average molecular weight is 327 g/mol. The lowest BCUT2D eigenvalue weighted by Crippen LogP contribution is -2.28. The van der Waals surface area contributed by atoms with Crippen molar-refractivity contribution in [2.75, 3.05) is 25.5 Å². The highest BCUT2D eigenvalue weighted by atomic mass is 35.5. The van der Waals surface area contributed by atoms with Crippen LogP contribution in [0.1, 0.15) is 12.0 Å². The minimum atomic E-state index is -0.103. The van der Waals surface area contributed by atoms with Crippen molar-refractivity contribution in [3.8, 4) is 11.5 Å². The van der Waals surface area contributed by atoms with Gasteiger partial charge in [-0.3, -0.25) is 9.79 Å². The molecule has 2 heterocycles. The maximum Gasteiger partial charge on any atom is 0.230 e. The molecule has 21 heavy (non-hydrogen) atoms. The van der Waals surface area contributed by atoms with Gasteiger partial charge in [-0.25, -0.2) is 0 Å². The number of nitrogens with zero attached hydrogens (tertiary/aromatic N) is 1. The van der Waals surface area contributed by atoms with Crippen LogP contribution >= 0.6 is 23.4 Å². The van der Waals surface area contributed by atoms with Crippen LogP contribution < -0.4 is 14.8 Å². The van der Waals surface area contributed by atoms with Crippen molar-refractivity contribution in [2.24, 2.45) is 4.99 Å². The van der Waals surface area contributed by atoms with Gasteiger partial charge in [0.25, 0.3) is 0 Å². The van der Waals surface area contributed by atoms with Gasteiger partial charge in [-0.15, -0.1) is 0 Å². The molecule has 0 saturated heterocycles. The normalized spacial score (nSPS) is 17.1. The first kappa shape index (κ1) is 14.5. The van der Waals surface area contributed by atoms with Crippen molar-refractivity contribution in [3.63, 3.8) is 0 Å². The van der Waals surface area contributed by atoms with E-state index in [0.29, 0.717) is 34.9 Å². The molecular weight excluding hydrogens is 312 g/mol. The first-order valence-electron chi connectivity index (χ1n) is 6.77. The van der Waals surface area contributed by atoms with Crippen LogP contribution in [0.4, 0.5) is 0 Å². The van der Waals surface area contributed by atoms with Gasteiger partial charge in [0.05, 0.1) is 31.2 Å². The van der Waals surface area contributed by atoms with Crippen molar-refractivity contribution >= 4 is 34.4 Å². The number of thioether (sulfide) groups is 1. The highest BCUT2D eigenvalue weighted by Crippen LogP contribution is 2.38. The number of amides is 1.